The molecule has 0 spiro atoms. The van der Waals surface area contributed by atoms with Gasteiger partial charge >= 0.3 is 0 Å². The molecule has 0 atom stereocenters. The summed E-state index contributed by atoms with van der Waals surface area (Å²) in [5, 5.41) is 11.2. The zero-order valence-corrected chi connectivity index (χ0v) is 59.3. The maximum Gasteiger partial charge on any atom is 0.216 e. The average Bonchev–Trinajstić information content (AvgIpc) is 1.59. The lowest BCUT2D eigenvalue weighted by molar-refractivity contribution is 0.504. The van der Waals surface area contributed by atoms with Gasteiger partial charge in [0.1, 0.15) is 59.7 Å². The maximum atomic E-state index is 14.7. The molecule has 0 amide bonds. The number of alkyl halides is 3. The number of aromatic nitrogens is 12. The van der Waals surface area contributed by atoms with Crippen molar-refractivity contribution in [2.75, 3.05) is 50.3 Å². The zero-order valence-electron chi connectivity index (χ0n) is 59.3. The highest BCUT2D eigenvalue weighted by atomic mass is 19.2. The maximum absolute atomic E-state index is 14.7. The largest absolute Gasteiger partial charge is 0.367 e. The lowest BCUT2D eigenvalue weighted by atomic mass is 9.76. The van der Waals surface area contributed by atoms with Gasteiger partial charge in [-0.2, -0.15) is 22.5 Å². The van der Waals surface area contributed by atoms with Crippen molar-refractivity contribution >= 4 is 77.4 Å². The van der Waals surface area contributed by atoms with E-state index >= 15 is 0 Å². The van der Waals surface area contributed by atoms with Crippen LogP contribution in [-0.2, 0) is 11.1 Å². The van der Waals surface area contributed by atoms with Gasteiger partial charge in [0, 0.05) is 130 Å². The van der Waals surface area contributed by atoms with Crippen LogP contribution in [0.4, 0.5) is 42.4 Å². The predicted octanol–water partition coefficient (Wildman–Crippen LogP) is 20.0. The third kappa shape index (κ3) is 14.7. The predicted molar refractivity (Wildman–Crippen MR) is 431 cm³/mol. The summed E-state index contributed by atoms with van der Waals surface area (Å²) in [6, 6.07) is 87.8. The number of pyridine rings is 9. The minimum absolute atomic E-state index is 0. The minimum Gasteiger partial charge on any atom is -0.367 e. The minimum atomic E-state index is -0.895. The number of nitrogens with two attached hydrogens (primary N) is 1. The molecule has 0 saturated carbocycles. The molecule has 556 valence electrons. The van der Waals surface area contributed by atoms with Crippen LogP contribution in [0.2, 0.25) is 0 Å². The van der Waals surface area contributed by atoms with Gasteiger partial charge in [0.25, 0.3) is 0 Å². The molecule has 0 radical (unpaired) electrons. The first-order valence-electron chi connectivity index (χ1n) is 35.6. The number of rotatable bonds is 18. The van der Waals surface area contributed by atoms with E-state index in [0.717, 1.165) is 82.2 Å². The Hall–Kier alpha value is -13.9. The van der Waals surface area contributed by atoms with Gasteiger partial charge in [-0.15, -0.1) is 0 Å². The SMILES string of the molecule is C.FCCNc1cc(-c2ccc3c(n2)[nH]c2ccncc23)cc(F)n1.FCCNc1cc(-c2ccc3c4cnccc4n(C(c4ccccc4)(c4ccccc4)c4ccccc4)c3n2)cc(F)n1.Fc1cc(-c2ccc3c4cnccc4n(C(c4ccccc4)(c4ccccc4)c4ccccc4)c3n2)cc(F)n1.NCCF. The lowest BCUT2D eigenvalue weighted by Crippen LogP contribution is -2.37. The molecule has 0 aliphatic carbocycles. The second-order valence-electron chi connectivity index (χ2n) is 25.7. The van der Waals surface area contributed by atoms with E-state index in [9.17, 15) is 30.7 Å². The standard InChI is InChI=1S/C36H27F2N5.C34H22F2N4.C17H13F2N5.C2H6FN.CH4/c37-19-21-40-34-23-25(22-33(38)42-34)31-17-16-29-30-24-39-20-18-32(30)43(35(29)41-31)36(26-10-4-1-5-11-26,27-12-6-2-7-13-27)28-14-8-3-9-15-28;35-31-20-23(21-32(36)39-31)29-17-16-27-28-22-37-19-18-30(28)40(33(27)38-29)34(24-10-4-1-5-11-24,25-12-6-2-7-13-25)26-14-8-3-9-15-26;18-4-6-21-16-8-10(7-15(19)24-16)13-2-1-11-12-9-20-5-3-14(12)23-17(11)22-13;3-1-2-4;/h1-18,20,22-24H,19,21H2,(H,40,42);1-22H;1-3,5,7-9H,4,6H2,(H,21,24)(H,22,23);1-2,4H2;1H4. The zero-order chi connectivity index (χ0) is 76.3. The Labute approximate surface area is 639 Å². The van der Waals surface area contributed by atoms with Crippen LogP contribution in [0.15, 0.2) is 310 Å². The molecule has 5 N–H and O–H groups in total. The smallest absolute Gasteiger partial charge is 0.216 e. The highest BCUT2D eigenvalue weighted by Crippen LogP contribution is 2.49. The molecule has 0 saturated heterocycles. The van der Waals surface area contributed by atoms with Crippen LogP contribution in [0.5, 0.6) is 0 Å². The monoisotopic (exact) mass is 1500 g/mol. The second-order valence-corrected chi connectivity index (χ2v) is 25.7. The molecule has 22 heteroatoms. The molecule has 0 aliphatic heterocycles. The first-order valence-corrected chi connectivity index (χ1v) is 35.6. The van der Waals surface area contributed by atoms with Gasteiger partial charge in [0.05, 0.1) is 33.6 Å². The molecule has 0 fully saturated rings. The Morgan fingerprint density at radius 1 is 0.339 bits per heavy atom. The molecular weight excluding hydrogens is 1420 g/mol. The fourth-order valence-electron chi connectivity index (χ4n) is 14.5. The highest BCUT2D eigenvalue weighted by molar-refractivity contribution is 6.09. The number of benzene rings is 6. The third-order valence-electron chi connectivity index (χ3n) is 19.1. The fraction of sp³-hybridized carbons (Fsp3) is 0.100. The van der Waals surface area contributed by atoms with Crippen molar-refractivity contribution in [3.8, 4) is 33.8 Å². The topological polar surface area (TPSA) is 192 Å². The Kier molecular flexibility index (Phi) is 22.6. The quantitative estimate of drug-likeness (QED) is 0.0362. The molecule has 0 unspecified atom stereocenters. The number of hydrogen-bond donors (Lipinski definition) is 4. The van der Waals surface area contributed by atoms with Gasteiger partial charge < -0.3 is 30.5 Å². The van der Waals surface area contributed by atoms with E-state index in [1.807, 2.05) is 134 Å². The summed E-state index contributed by atoms with van der Waals surface area (Å²) < 4.78 is 96.9. The summed E-state index contributed by atoms with van der Waals surface area (Å²) in [7, 11) is 0. The molecule has 112 heavy (non-hydrogen) atoms. The van der Waals surface area contributed by atoms with E-state index in [2.05, 4.69) is 175 Å². The first kappa shape index (κ1) is 75.0. The summed E-state index contributed by atoms with van der Waals surface area (Å²) in [5.74, 6) is -2.56. The number of nitrogens with zero attached hydrogens (tertiary/aromatic N) is 11. The molecular formula is C90H72F7N15. The van der Waals surface area contributed by atoms with Gasteiger partial charge in [0.2, 0.25) is 23.8 Å². The second kappa shape index (κ2) is 33.7. The summed E-state index contributed by atoms with van der Waals surface area (Å²) in [5.41, 5.74) is 17.2. The molecule has 12 aromatic heterocycles. The number of halogens is 7. The van der Waals surface area contributed by atoms with E-state index in [-0.39, 0.29) is 38.7 Å². The van der Waals surface area contributed by atoms with Crippen LogP contribution >= 0.6 is 0 Å². The number of nitrogens with one attached hydrogen (secondary N) is 3. The van der Waals surface area contributed by atoms with Crippen molar-refractivity contribution in [2.45, 2.75) is 18.5 Å². The van der Waals surface area contributed by atoms with E-state index in [4.69, 9.17) is 9.97 Å². The number of aromatic amines is 1. The molecule has 6 aromatic carbocycles. The summed E-state index contributed by atoms with van der Waals surface area (Å²) in [6.07, 6.45) is 10.8. The van der Waals surface area contributed by atoms with Crippen molar-refractivity contribution in [2.24, 2.45) is 5.73 Å². The van der Waals surface area contributed by atoms with Crippen LogP contribution in [0.25, 0.3) is 99.6 Å². The molecule has 0 bridgehead atoms. The first-order chi connectivity index (χ1) is 54.5. The van der Waals surface area contributed by atoms with Crippen LogP contribution in [0, 0.1) is 23.8 Å². The third-order valence-corrected chi connectivity index (χ3v) is 19.1. The van der Waals surface area contributed by atoms with Gasteiger partial charge in [-0.3, -0.25) is 15.0 Å². The lowest BCUT2D eigenvalue weighted by Gasteiger charge is -2.38. The van der Waals surface area contributed by atoms with Gasteiger partial charge in [-0.05, 0) is 100 Å². The Morgan fingerprint density at radius 3 is 1.02 bits per heavy atom. The van der Waals surface area contributed by atoms with Crippen molar-refractivity contribution in [3.05, 3.63) is 367 Å². The Bertz CT molecular complexity index is 6020. The number of anilines is 2. The molecule has 18 aromatic rings. The van der Waals surface area contributed by atoms with E-state index in [1.165, 1.54) is 24.3 Å². The number of hydrogen-bond acceptors (Lipinski definition) is 12. The van der Waals surface area contributed by atoms with Gasteiger partial charge in [0.15, 0.2) is 0 Å². The fourth-order valence-corrected chi connectivity index (χ4v) is 14.5. The van der Waals surface area contributed by atoms with E-state index in [0.29, 0.717) is 50.7 Å². The Morgan fingerprint density at radius 2 is 0.661 bits per heavy atom. The summed E-state index contributed by atoms with van der Waals surface area (Å²) >= 11 is 0. The molecule has 15 nitrogen and oxygen atoms in total. The molecule has 0 aliphatic rings. The number of fused-ring (bicyclic) bond motifs is 9. The van der Waals surface area contributed by atoms with E-state index in [1.54, 1.807) is 43.0 Å². The normalized spacial score (nSPS) is 11.4. The van der Waals surface area contributed by atoms with Crippen LogP contribution < -0.4 is 16.4 Å². The summed E-state index contributed by atoms with van der Waals surface area (Å²) in [6.45, 7) is -1.28. The molecule has 12 heterocycles. The van der Waals surface area contributed by atoms with Crippen molar-refractivity contribution < 1.29 is 30.7 Å². The summed E-state index contributed by atoms with van der Waals surface area (Å²) in [4.78, 5) is 42.0. The molecule has 18 rings (SSSR count). The van der Waals surface area contributed by atoms with E-state index < -0.39 is 54.9 Å². The van der Waals surface area contributed by atoms with Crippen molar-refractivity contribution in [1.29, 1.82) is 0 Å². The van der Waals surface area contributed by atoms with Gasteiger partial charge in [-0.25, -0.2) is 38.1 Å². The average molecular weight is 1500 g/mol. The van der Waals surface area contributed by atoms with Crippen LogP contribution in [0.3, 0.4) is 0 Å². The van der Waals surface area contributed by atoms with Crippen LogP contribution in [0.1, 0.15) is 40.8 Å². The Balaban J connectivity index is 0.000000140. The van der Waals surface area contributed by atoms with Crippen LogP contribution in [-0.4, -0.2) is 98.6 Å². The number of H-pyrrole nitrogens is 1. The van der Waals surface area contributed by atoms with Crippen molar-refractivity contribution in [1.82, 2.24) is 59.0 Å². The highest BCUT2D eigenvalue weighted by Gasteiger charge is 2.43. The van der Waals surface area contributed by atoms with Crippen molar-refractivity contribution in [3.63, 3.8) is 0 Å². The van der Waals surface area contributed by atoms with Gasteiger partial charge in [-0.1, -0.05) is 189 Å².